The molecule has 3 aliphatic rings. The van der Waals surface area contributed by atoms with Crippen molar-refractivity contribution in [1.29, 1.82) is 0 Å². The average Bonchev–Trinajstić information content (AvgIpc) is 2.98. The van der Waals surface area contributed by atoms with Crippen molar-refractivity contribution in [3.05, 3.63) is 0 Å². The summed E-state index contributed by atoms with van der Waals surface area (Å²) in [7, 11) is 0. The van der Waals surface area contributed by atoms with E-state index in [0.29, 0.717) is 6.04 Å². The number of nitrogens with zero attached hydrogens (tertiary/aromatic N) is 2. The van der Waals surface area contributed by atoms with Crippen LogP contribution in [-0.4, -0.2) is 72.4 Å². The zero-order valence-electron chi connectivity index (χ0n) is 10.6. The molecule has 3 rings (SSSR count). The van der Waals surface area contributed by atoms with E-state index in [0.717, 1.165) is 19.1 Å². The highest BCUT2D eigenvalue weighted by Crippen LogP contribution is 2.23. The molecule has 4 nitrogen and oxygen atoms in total. The Morgan fingerprint density at radius 2 is 1.76 bits per heavy atom. The van der Waals surface area contributed by atoms with E-state index >= 15 is 0 Å². The van der Waals surface area contributed by atoms with Crippen molar-refractivity contribution in [2.45, 2.75) is 43.9 Å². The molecule has 0 radical (unpaired) electrons. The van der Waals surface area contributed by atoms with E-state index in [2.05, 4.69) is 15.1 Å². The molecular weight excluding hydrogens is 214 g/mol. The van der Waals surface area contributed by atoms with Crippen molar-refractivity contribution in [3.8, 4) is 0 Å². The van der Waals surface area contributed by atoms with Crippen LogP contribution in [-0.2, 0) is 0 Å². The number of aliphatic hydroxyl groups is 1. The third-order valence-corrected chi connectivity index (χ3v) is 4.72. The Kier molecular flexibility index (Phi) is 3.66. The second kappa shape index (κ2) is 5.22. The van der Waals surface area contributed by atoms with E-state index in [-0.39, 0.29) is 6.10 Å². The summed E-state index contributed by atoms with van der Waals surface area (Å²) >= 11 is 0. The largest absolute Gasteiger partial charge is 0.390 e. The van der Waals surface area contributed by atoms with Crippen LogP contribution < -0.4 is 5.32 Å². The molecule has 0 spiro atoms. The van der Waals surface area contributed by atoms with Gasteiger partial charge in [-0.2, -0.15) is 0 Å². The summed E-state index contributed by atoms with van der Waals surface area (Å²) in [4.78, 5) is 5.18. The molecule has 0 aliphatic carbocycles. The Balaban J connectivity index is 1.54. The number of aliphatic hydroxyl groups excluding tert-OH is 1. The smallest absolute Gasteiger partial charge is 0.0831 e. The topological polar surface area (TPSA) is 38.7 Å². The van der Waals surface area contributed by atoms with E-state index in [9.17, 15) is 5.11 Å². The van der Waals surface area contributed by atoms with Gasteiger partial charge in [0.05, 0.1) is 6.10 Å². The zero-order valence-corrected chi connectivity index (χ0v) is 10.6. The summed E-state index contributed by atoms with van der Waals surface area (Å²) in [5.74, 6) is 0. The quantitative estimate of drug-likeness (QED) is 0.705. The fraction of sp³-hybridized carbons (Fsp3) is 1.00. The van der Waals surface area contributed by atoms with Crippen LogP contribution in [0.4, 0.5) is 0 Å². The average molecular weight is 239 g/mol. The molecule has 0 bridgehead atoms. The predicted molar refractivity (Wildman–Crippen MR) is 68.1 cm³/mol. The Labute approximate surface area is 104 Å². The normalized spacial score (nSPS) is 41.1. The molecule has 3 saturated heterocycles. The maximum atomic E-state index is 9.93. The van der Waals surface area contributed by atoms with Crippen LogP contribution in [0.25, 0.3) is 0 Å². The Morgan fingerprint density at radius 1 is 0.941 bits per heavy atom. The van der Waals surface area contributed by atoms with Gasteiger partial charge in [-0.1, -0.05) is 6.42 Å². The molecule has 0 saturated carbocycles. The number of rotatable bonds is 2. The summed E-state index contributed by atoms with van der Waals surface area (Å²) in [5, 5.41) is 13.2. The van der Waals surface area contributed by atoms with Gasteiger partial charge < -0.3 is 10.4 Å². The van der Waals surface area contributed by atoms with E-state index in [1.807, 2.05) is 0 Å². The Morgan fingerprint density at radius 3 is 2.47 bits per heavy atom. The molecule has 98 valence electrons. The van der Waals surface area contributed by atoms with Crippen molar-refractivity contribution in [2.75, 3.05) is 39.3 Å². The summed E-state index contributed by atoms with van der Waals surface area (Å²) in [6.45, 7) is 6.67. The van der Waals surface area contributed by atoms with Gasteiger partial charge in [0.1, 0.15) is 0 Å². The van der Waals surface area contributed by atoms with Crippen molar-refractivity contribution in [1.82, 2.24) is 15.1 Å². The second-order valence-corrected chi connectivity index (χ2v) is 5.83. The molecule has 3 fully saturated rings. The number of hydrogen-bond acceptors (Lipinski definition) is 4. The third-order valence-electron chi connectivity index (χ3n) is 4.72. The van der Waals surface area contributed by atoms with E-state index in [1.165, 1.54) is 51.9 Å². The van der Waals surface area contributed by atoms with Crippen LogP contribution in [0, 0.1) is 0 Å². The maximum Gasteiger partial charge on any atom is 0.0831 e. The molecule has 3 atom stereocenters. The summed E-state index contributed by atoms with van der Waals surface area (Å²) in [5.41, 5.74) is 0. The molecular formula is C13H25N3O. The highest BCUT2D eigenvalue weighted by Gasteiger charge is 2.36. The number of β-amino-alcohol motifs (C(OH)–C–C–N with tert-alkyl or cyclic N) is 1. The fourth-order valence-electron chi connectivity index (χ4n) is 3.67. The van der Waals surface area contributed by atoms with Crippen molar-refractivity contribution >= 4 is 0 Å². The van der Waals surface area contributed by atoms with Crippen LogP contribution in [0.2, 0.25) is 0 Å². The molecule has 17 heavy (non-hydrogen) atoms. The lowest BCUT2D eigenvalue weighted by molar-refractivity contribution is 0.0885. The summed E-state index contributed by atoms with van der Waals surface area (Å²) in [6, 6.07) is 1.12. The lowest BCUT2D eigenvalue weighted by Gasteiger charge is -2.33. The summed E-state index contributed by atoms with van der Waals surface area (Å²) < 4.78 is 0. The minimum absolute atomic E-state index is 0.157. The maximum absolute atomic E-state index is 9.93. The molecule has 2 N–H and O–H groups in total. The fourth-order valence-corrected chi connectivity index (χ4v) is 3.67. The second-order valence-electron chi connectivity index (χ2n) is 5.83. The lowest BCUT2D eigenvalue weighted by Crippen LogP contribution is -2.45. The van der Waals surface area contributed by atoms with Gasteiger partial charge in [0.25, 0.3) is 0 Å². The van der Waals surface area contributed by atoms with Gasteiger partial charge in [0, 0.05) is 38.3 Å². The number of nitrogens with one attached hydrogen (secondary N) is 1. The predicted octanol–water partition coefficient (Wildman–Crippen LogP) is -0.121. The van der Waals surface area contributed by atoms with Gasteiger partial charge in [-0.25, -0.2) is 0 Å². The van der Waals surface area contributed by atoms with E-state index in [1.54, 1.807) is 0 Å². The number of piperidine rings is 1. The number of hydrogen-bond donors (Lipinski definition) is 2. The van der Waals surface area contributed by atoms with Crippen LogP contribution in [0.3, 0.4) is 0 Å². The molecule has 3 heterocycles. The van der Waals surface area contributed by atoms with Crippen molar-refractivity contribution < 1.29 is 5.11 Å². The van der Waals surface area contributed by atoms with E-state index in [4.69, 9.17) is 0 Å². The van der Waals surface area contributed by atoms with Gasteiger partial charge in [-0.05, 0) is 32.4 Å². The Hall–Kier alpha value is -0.160. The minimum Gasteiger partial charge on any atom is -0.390 e. The zero-order chi connectivity index (χ0) is 11.7. The summed E-state index contributed by atoms with van der Waals surface area (Å²) in [6.07, 6.45) is 5.31. The number of likely N-dealkylation sites (tertiary alicyclic amines) is 2. The van der Waals surface area contributed by atoms with Crippen LogP contribution >= 0.6 is 0 Å². The first-order valence-corrected chi connectivity index (χ1v) is 7.21. The third kappa shape index (κ3) is 2.50. The standard InChI is InChI=1S/C13H25N3O/c17-13-9-14-8-12(13)16-7-4-11(10-16)15-5-2-1-3-6-15/h11-14,17H,1-10H2/t11?,12-,13-/m0/s1. The lowest BCUT2D eigenvalue weighted by atomic mass is 10.1. The highest BCUT2D eigenvalue weighted by molar-refractivity contribution is 4.94. The van der Waals surface area contributed by atoms with Gasteiger partial charge >= 0.3 is 0 Å². The van der Waals surface area contributed by atoms with Crippen molar-refractivity contribution in [3.63, 3.8) is 0 Å². The molecule has 0 aromatic rings. The first-order chi connectivity index (χ1) is 8.34. The van der Waals surface area contributed by atoms with E-state index < -0.39 is 0 Å². The van der Waals surface area contributed by atoms with Gasteiger partial charge in [0.15, 0.2) is 0 Å². The van der Waals surface area contributed by atoms with Crippen LogP contribution in [0.15, 0.2) is 0 Å². The van der Waals surface area contributed by atoms with Gasteiger partial charge in [-0.3, -0.25) is 9.80 Å². The molecule has 0 amide bonds. The first-order valence-electron chi connectivity index (χ1n) is 7.21. The molecule has 1 unspecified atom stereocenters. The monoisotopic (exact) mass is 239 g/mol. The first kappa shape index (κ1) is 11.9. The van der Waals surface area contributed by atoms with Crippen LogP contribution in [0.1, 0.15) is 25.7 Å². The SMILES string of the molecule is O[C@H]1CNC[C@@H]1N1CCC(N2CCCCC2)C1. The Bertz CT molecular complexity index is 255. The molecule has 0 aromatic carbocycles. The minimum atomic E-state index is -0.157. The van der Waals surface area contributed by atoms with Crippen molar-refractivity contribution in [2.24, 2.45) is 0 Å². The molecule has 3 aliphatic heterocycles. The highest BCUT2D eigenvalue weighted by atomic mass is 16.3. The van der Waals surface area contributed by atoms with Gasteiger partial charge in [-0.15, -0.1) is 0 Å². The van der Waals surface area contributed by atoms with Gasteiger partial charge in [0.2, 0.25) is 0 Å². The molecule has 4 heteroatoms. The molecule has 0 aromatic heterocycles. The van der Waals surface area contributed by atoms with Crippen LogP contribution in [0.5, 0.6) is 0 Å².